The molecule has 0 aliphatic rings. The third-order valence-electron chi connectivity index (χ3n) is 3.33. The zero-order valence-corrected chi connectivity index (χ0v) is 16.1. The molecule has 0 bridgehead atoms. The molecule has 0 saturated carbocycles. The van der Waals surface area contributed by atoms with Crippen molar-refractivity contribution in [2.24, 2.45) is 0 Å². The molecular weight excluding hydrogens is 394 g/mol. The number of carbonyl (C=O) groups excluding carboxylic acids is 2. The minimum atomic E-state index is -3.45. The van der Waals surface area contributed by atoms with Crippen molar-refractivity contribution in [1.29, 1.82) is 0 Å². The standard InChI is InChI=1S/C16H21N3O6S2/c1-3-26(22,23)7-5-18-15(20)12-9-13(11-14(17)10-12)16(21)19-6-8-27(24,25)4-2/h3-4,9-11H,1-2,5-8,17H2,(H,18,20)(H,19,21). The van der Waals surface area contributed by atoms with E-state index in [0.717, 1.165) is 10.8 Å². The summed E-state index contributed by atoms with van der Waals surface area (Å²) in [7, 11) is -6.89. The van der Waals surface area contributed by atoms with E-state index in [9.17, 15) is 26.4 Å². The van der Waals surface area contributed by atoms with Gasteiger partial charge in [-0.1, -0.05) is 13.2 Å². The van der Waals surface area contributed by atoms with Crippen LogP contribution >= 0.6 is 0 Å². The van der Waals surface area contributed by atoms with Crippen LogP contribution in [0, 0.1) is 0 Å². The fourth-order valence-corrected chi connectivity index (χ4v) is 3.00. The molecule has 27 heavy (non-hydrogen) atoms. The second-order valence-corrected chi connectivity index (χ2v) is 9.56. The van der Waals surface area contributed by atoms with Crippen LogP contribution in [0.25, 0.3) is 0 Å². The van der Waals surface area contributed by atoms with E-state index in [1.165, 1.54) is 18.2 Å². The molecule has 0 aliphatic carbocycles. The van der Waals surface area contributed by atoms with Crippen molar-refractivity contribution in [3.8, 4) is 0 Å². The van der Waals surface area contributed by atoms with Crippen molar-refractivity contribution < 1.29 is 26.4 Å². The summed E-state index contributed by atoms with van der Waals surface area (Å²) in [5.74, 6) is -1.83. The lowest BCUT2D eigenvalue weighted by Gasteiger charge is -2.09. The number of nitrogen functional groups attached to an aromatic ring is 1. The van der Waals surface area contributed by atoms with Crippen molar-refractivity contribution in [3.05, 3.63) is 53.3 Å². The van der Waals surface area contributed by atoms with Gasteiger partial charge in [-0.05, 0) is 18.2 Å². The van der Waals surface area contributed by atoms with Crippen LogP contribution in [0.4, 0.5) is 5.69 Å². The molecule has 9 nitrogen and oxygen atoms in total. The van der Waals surface area contributed by atoms with Gasteiger partial charge in [-0.25, -0.2) is 16.8 Å². The van der Waals surface area contributed by atoms with Crippen LogP contribution in [0.3, 0.4) is 0 Å². The Morgan fingerprint density at radius 2 is 1.22 bits per heavy atom. The van der Waals surface area contributed by atoms with Gasteiger partial charge in [0.2, 0.25) is 0 Å². The van der Waals surface area contributed by atoms with E-state index in [1.807, 2.05) is 0 Å². The normalized spacial score (nSPS) is 11.4. The first kappa shape index (κ1) is 22.4. The van der Waals surface area contributed by atoms with E-state index >= 15 is 0 Å². The summed E-state index contributed by atoms with van der Waals surface area (Å²) >= 11 is 0. The number of rotatable bonds is 10. The first-order valence-electron chi connectivity index (χ1n) is 7.67. The maximum absolute atomic E-state index is 12.1. The van der Waals surface area contributed by atoms with E-state index in [1.54, 1.807) is 0 Å². The van der Waals surface area contributed by atoms with Crippen LogP contribution in [-0.2, 0) is 19.7 Å². The molecule has 0 fully saturated rings. The number of carbonyl (C=O) groups is 2. The number of nitrogens with one attached hydrogen (secondary N) is 2. The second-order valence-electron chi connectivity index (χ2n) is 5.42. The first-order chi connectivity index (χ1) is 12.5. The minimum absolute atomic E-state index is 0.0647. The average Bonchev–Trinajstić information content (AvgIpc) is 2.60. The molecule has 0 radical (unpaired) electrons. The van der Waals surface area contributed by atoms with Crippen molar-refractivity contribution in [3.63, 3.8) is 0 Å². The van der Waals surface area contributed by atoms with E-state index in [-0.39, 0.29) is 41.4 Å². The van der Waals surface area contributed by atoms with Crippen LogP contribution in [0.5, 0.6) is 0 Å². The van der Waals surface area contributed by atoms with Crippen molar-refractivity contribution >= 4 is 37.2 Å². The van der Waals surface area contributed by atoms with Crippen molar-refractivity contribution in [2.75, 3.05) is 30.3 Å². The second kappa shape index (κ2) is 9.33. The van der Waals surface area contributed by atoms with Gasteiger partial charge in [0.15, 0.2) is 19.7 Å². The fourth-order valence-electron chi connectivity index (χ4n) is 1.90. The highest BCUT2D eigenvalue weighted by molar-refractivity contribution is 7.94. The molecule has 1 rings (SSSR count). The number of amides is 2. The number of anilines is 1. The number of sulfone groups is 2. The van der Waals surface area contributed by atoms with Gasteiger partial charge in [-0.15, -0.1) is 0 Å². The highest BCUT2D eigenvalue weighted by Crippen LogP contribution is 2.12. The number of benzene rings is 1. The van der Waals surface area contributed by atoms with Gasteiger partial charge >= 0.3 is 0 Å². The van der Waals surface area contributed by atoms with Crippen LogP contribution in [0.1, 0.15) is 20.7 Å². The summed E-state index contributed by atoms with van der Waals surface area (Å²) in [6, 6.07) is 3.93. The third-order valence-corrected chi connectivity index (χ3v) is 5.89. The summed E-state index contributed by atoms with van der Waals surface area (Å²) in [5.41, 5.74) is 5.97. The Morgan fingerprint density at radius 1 is 0.852 bits per heavy atom. The van der Waals surface area contributed by atoms with Crippen LogP contribution in [0.15, 0.2) is 42.2 Å². The van der Waals surface area contributed by atoms with E-state index in [2.05, 4.69) is 23.8 Å². The smallest absolute Gasteiger partial charge is 0.251 e. The maximum Gasteiger partial charge on any atom is 0.251 e. The Bertz CT molecular complexity index is 878. The molecule has 2 amide bonds. The Hall–Kier alpha value is -2.66. The van der Waals surface area contributed by atoms with Crippen molar-refractivity contribution in [2.45, 2.75) is 0 Å². The molecule has 0 unspecified atom stereocenters. The molecule has 148 valence electrons. The Morgan fingerprint density at radius 3 is 1.56 bits per heavy atom. The first-order valence-corrected chi connectivity index (χ1v) is 11.1. The molecule has 0 heterocycles. The molecular formula is C16H21N3O6S2. The monoisotopic (exact) mass is 415 g/mol. The summed E-state index contributed by atoms with van der Waals surface area (Å²) in [6.45, 7) is 6.07. The number of hydrogen-bond donors (Lipinski definition) is 3. The van der Waals surface area contributed by atoms with Gasteiger partial charge in [0.05, 0.1) is 11.5 Å². The van der Waals surface area contributed by atoms with E-state index in [0.29, 0.717) is 0 Å². The largest absolute Gasteiger partial charge is 0.399 e. The number of hydrogen-bond acceptors (Lipinski definition) is 7. The molecule has 0 atom stereocenters. The summed E-state index contributed by atoms with van der Waals surface area (Å²) in [5, 5.41) is 6.42. The lowest BCUT2D eigenvalue weighted by molar-refractivity contribution is 0.0955. The summed E-state index contributed by atoms with van der Waals surface area (Å²) < 4.78 is 45.3. The quantitative estimate of drug-likeness (QED) is 0.449. The zero-order chi connectivity index (χ0) is 20.7. The Balaban J connectivity index is 2.78. The van der Waals surface area contributed by atoms with Crippen molar-refractivity contribution in [1.82, 2.24) is 10.6 Å². The maximum atomic E-state index is 12.1. The highest BCUT2D eigenvalue weighted by atomic mass is 32.2. The average molecular weight is 415 g/mol. The van der Waals surface area contributed by atoms with Gasteiger partial charge in [-0.2, -0.15) is 0 Å². The van der Waals surface area contributed by atoms with E-state index < -0.39 is 31.5 Å². The fraction of sp³-hybridized carbons (Fsp3) is 0.250. The lowest BCUT2D eigenvalue weighted by atomic mass is 10.1. The Labute approximate surface area is 158 Å². The lowest BCUT2D eigenvalue weighted by Crippen LogP contribution is -2.30. The molecule has 0 aliphatic heterocycles. The molecule has 1 aromatic carbocycles. The summed E-state index contributed by atoms with van der Waals surface area (Å²) in [4.78, 5) is 24.2. The van der Waals surface area contributed by atoms with Gasteiger partial charge in [0.25, 0.3) is 11.8 Å². The van der Waals surface area contributed by atoms with Crippen LogP contribution in [0.2, 0.25) is 0 Å². The zero-order valence-electron chi connectivity index (χ0n) is 14.5. The predicted molar refractivity (Wildman–Crippen MR) is 103 cm³/mol. The van der Waals surface area contributed by atoms with Gasteiger partial charge in [-0.3, -0.25) is 9.59 Å². The topological polar surface area (TPSA) is 152 Å². The Kier molecular flexibility index (Phi) is 7.73. The minimum Gasteiger partial charge on any atom is -0.399 e. The molecule has 0 saturated heterocycles. The summed E-state index contributed by atoms with van der Waals surface area (Å²) in [6.07, 6.45) is 0. The molecule has 1 aromatic rings. The van der Waals surface area contributed by atoms with Crippen LogP contribution in [-0.4, -0.2) is 53.2 Å². The SMILES string of the molecule is C=CS(=O)(=O)CCNC(=O)c1cc(N)cc(C(=O)NCCS(=O)(=O)C=C)c1. The predicted octanol–water partition coefficient (Wildman–Crippen LogP) is -0.155. The third kappa shape index (κ3) is 7.62. The van der Waals surface area contributed by atoms with Crippen LogP contribution < -0.4 is 16.4 Å². The van der Waals surface area contributed by atoms with Gasteiger partial charge in [0.1, 0.15) is 0 Å². The molecule has 11 heteroatoms. The van der Waals surface area contributed by atoms with Gasteiger partial charge < -0.3 is 16.4 Å². The molecule has 0 spiro atoms. The molecule has 4 N–H and O–H groups in total. The highest BCUT2D eigenvalue weighted by Gasteiger charge is 2.14. The molecule has 0 aromatic heterocycles. The number of nitrogens with two attached hydrogens (primary N) is 1. The van der Waals surface area contributed by atoms with Gasteiger partial charge in [0, 0.05) is 40.7 Å². The van der Waals surface area contributed by atoms with E-state index in [4.69, 9.17) is 5.73 Å².